The molecular weight excluding hydrogens is 442 g/mol. The molecule has 172 valence electrons. The summed E-state index contributed by atoms with van der Waals surface area (Å²) >= 11 is 6.37. The maximum atomic E-state index is 13.6. The fraction of sp³-hybridized carbons (Fsp3) is 0.308. The first kappa shape index (κ1) is 23.1. The van der Waals surface area contributed by atoms with Crippen LogP contribution in [0.4, 0.5) is 5.69 Å². The summed E-state index contributed by atoms with van der Waals surface area (Å²) in [6.45, 7) is 6.42. The molecule has 2 N–H and O–H groups in total. The van der Waals surface area contributed by atoms with Crippen LogP contribution in [0, 0.1) is 5.41 Å². The molecule has 4 rings (SSSR count). The summed E-state index contributed by atoms with van der Waals surface area (Å²) in [4.78, 5) is 26.8. The fourth-order valence-corrected chi connectivity index (χ4v) is 4.46. The highest BCUT2D eigenvalue weighted by Crippen LogP contribution is 2.43. The van der Waals surface area contributed by atoms with E-state index in [9.17, 15) is 19.8 Å². The Bertz CT molecular complexity index is 1230. The van der Waals surface area contributed by atoms with E-state index in [-0.39, 0.29) is 11.2 Å². The number of rotatable bonds is 4. The summed E-state index contributed by atoms with van der Waals surface area (Å²) in [5.41, 5.74) is 1.77. The third kappa shape index (κ3) is 4.68. The number of carboxylic acids is 1. The highest BCUT2D eigenvalue weighted by atomic mass is 35.5. The Morgan fingerprint density at radius 3 is 2.42 bits per heavy atom. The number of ether oxygens (including phenoxy) is 1. The van der Waals surface area contributed by atoms with Gasteiger partial charge in [0, 0.05) is 28.2 Å². The molecule has 0 bridgehead atoms. The van der Waals surface area contributed by atoms with Crippen molar-refractivity contribution >= 4 is 39.9 Å². The number of aromatic hydroxyl groups is 1. The number of nitrogens with zero attached hydrogens (tertiary/aromatic N) is 1. The van der Waals surface area contributed by atoms with Crippen molar-refractivity contribution in [2.45, 2.75) is 39.4 Å². The van der Waals surface area contributed by atoms with Gasteiger partial charge in [-0.2, -0.15) is 0 Å². The van der Waals surface area contributed by atoms with Crippen molar-refractivity contribution in [3.8, 4) is 5.75 Å². The van der Waals surface area contributed by atoms with Crippen LogP contribution in [0.1, 0.15) is 44.4 Å². The van der Waals surface area contributed by atoms with E-state index in [1.165, 1.54) is 0 Å². The second-order valence-electron chi connectivity index (χ2n) is 9.51. The zero-order valence-electron chi connectivity index (χ0n) is 18.7. The lowest BCUT2D eigenvalue weighted by atomic mass is 9.92. The number of hydrogen-bond acceptors (Lipinski definition) is 4. The van der Waals surface area contributed by atoms with E-state index >= 15 is 0 Å². The Morgan fingerprint density at radius 2 is 1.76 bits per heavy atom. The van der Waals surface area contributed by atoms with E-state index in [2.05, 4.69) is 0 Å². The molecule has 6 nitrogen and oxygen atoms in total. The Hall–Kier alpha value is -3.09. The molecule has 0 saturated carbocycles. The number of anilines is 1. The molecule has 2 atom stereocenters. The van der Waals surface area contributed by atoms with Crippen LogP contribution < -0.4 is 4.90 Å². The van der Waals surface area contributed by atoms with Gasteiger partial charge in [0.15, 0.2) is 0 Å². The maximum Gasteiger partial charge on any atom is 0.306 e. The van der Waals surface area contributed by atoms with E-state index < -0.39 is 30.5 Å². The fourth-order valence-electron chi connectivity index (χ4n) is 4.28. The quantitative estimate of drug-likeness (QED) is 0.526. The molecule has 0 radical (unpaired) electrons. The number of halogens is 1. The summed E-state index contributed by atoms with van der Waals surface area (Å²) in [5, 5.41) is 21.7. The molecule has 1 aliphatic rings. The number of carbonyl (C=O) groups is 2. The van der Waals surface area contributed by atoms with Crippen molar-refractivity contribution in [1.29, 1.82) is 0 Å². The van der Waals surface area contributed by atoms with Crippen LogP contribution in [0.3, 0.4) is 0 Å². The van der Waals surface area contributed by atoms with E-state index in [4.69, 9.17) is 16.3 Å². The number of benzene rings is 3. The van der Waals surface area contributed by atoms with E-state index in [0.717, 1.165) is 5.39 Å². The summed E-state index contributed by atoms with van der Waals surface area (Å²) in [6.07, 6.45) is -2.41. The molecule has 0 spiro atoms. The largest absolute Gasteiger partial charge is 0.507 e. The molecule has 0 aromatic heterocycles. The van der Waals surface area contributed by atoms with Gasteiger partial charge in [0.25, 0.3) is 5.91 Å². The standard InChI is InChI=1S/C26H26ClNO5/c1-26(2,3)14-28-20-10-8-15(27)12-19(20)24(33-22(25(28)32)13-23(30)31)18-9-11-21(29)17-7-5-4-6-16(17)18/h4-12,22,24,29H,13-14H2,1-3H3,(H,30,31)/t22-,24-/m0/s1. The van der Waals surface area contributed by atoms with Gasteiger partial charge in [-0.15, -0.1) is 0 Å². The Morgan fingerprint density at radius 1 is 1.06 bits per heavy atom. The average Bonchev–Trinajstić information content (AvgIpc) is 2.83. The number of amides is 1. The van der Waals surface area contributed by atoms with Gasteiger partial charge in [-0.25, -0.2) is 0 Å². The molecule has 0 fully saturated rings. The molecule has 3 aromatic rings. The smallest absolute Gasteiger partial charge is 0.306 e. The maximum absolute atomic E-state index is 13.6. The molecule has 0 saturated heterocycles. The average molecular weight is 468 g/mol. The number of hydrogen-bond donors (Lipinski definition) is 2. The van der Waals surface area contributed by atoms with Crippen molar-refractivity contribution < 1.29 is 24.5 Å². The normalized spacial score (nSPS) is 18.8. The SMILES string of the molecule is CC(C)(C)CN1C(=O)[C@H](CC(=O)O)O[C@@H](c2ccc(O)c3ccccc23)c2cc(Cl)ccc21. The number of carbonyl (C=O) groups excluding carboxylic acids is 1. The molecule has 1 heterocycles. The van der Waals surface area contributed by atoms with Crippen LogP contribution in [0.2, 0.25) is 5.02 Å². The van der Waals surface area contributed by atoms with Crippen LogP contribution in [0.25, 0.3) is 10.8 Å². The number of fused-ring (bicyclic) bond motifs is 2. The second-order valence-corrected chi connectivity index (χ2v) is 9.95. The summed E-state index contributed by atoms with van der Waals surface area (Å²) in [5.74, 6) is -1.40. The number of carboxylic acid groups (broad SMARTS) is 1. The van der Waals surface area contributed by atoms with Gasteiger partial charge in [-0.3, -0.25) is 9.59 Å². The molecule has 0 unspecified atom stereocenters. The third-order valence-corrected chi connectivity index (χ3v) is 5.85. The van der Waals surface area contributed by atoms with Crippen molar-refractivity contribution in [2.75, 3.05) is 11.4 Å². The van der Waals surface area contributed by atoms with E-state index in [1.54, 1.807) is 41.3 Å². The first-order valence-corrected chi connectivity index (χ1v) is 11.1. The second kappa shape index (κ2) is 8.69. The van der Waals surface area contributed by atoms with Crippen molar-refractivity contribution in [3.05, 3.63) is 70.7 Å². The zero-order chi connectivity index (χ0) is 23.9. The highest BCUT2D eigenvalue weighted by Gasteiger charge is 2.39. The molecule has 0 aliphatic carbocycles. The lowest BCUT2D eigenvalue weighted by Crippen LogP contribution is -2.44. The predicted octanol–water partition coefficient (Wildman–Crippen LogP) is 5.54. The lowest BCUT2D eigenvalue weighted by molar-refractivity contribution is -0.147. The minimum atomic E-state index is -1.19. The van der Waals surface area contributed by atoms with Gasteiger partial charge < -0.3 is 19.8 Å². The van der Waals surface area contributed by atoms with Crippen LogP contribution in [0.5, 0.6) is 5.75 Å². The molecule has 7 heteroatoms. The topological polar surface area (TPSA) is 87.1 Å². The molecule has 1 amide bonds. The zero-order valence-corrected chi connectivity index (χ0v) is 19.5. The van der Waals surface area contributed by atoms with E-state index in [0.29, 0.717) is 33.8 Å². The molecular formula is C26H26ClNO5. The van der Waals surface area contributed by atoms with Gasteiger partial charge in [0.2, 0.25) is 0 Å². The number of phenols is 1. The van der Waals surface area contributed by atoms with Crippen molar-refractivity contribution in [1.82, 2.24) is 0 Å². The first-order chi connectivity index (χ1) is 15.5. The Labute approximate surface area is 197 Å². The lowest BCUT2D eigenvalue weighted by Gasteiger charge is -2.31. The minimum absolute atomic E-state index is 0.127. The van der Waals surface area contributed by atoms with Crippen LogP contribution in [0.15, 0.2) is 54.6 Å². The van der Waals surface area contributed by atoms with Crippen molar-refractivity contribution in [3.63, 3.8) is 0 Å². The molecule has 3 aromatic carbocycles. The van der Waals surface area contributed by atoms with Crippen LogP contribution in [-0.2, 0) is 14.3 Å². The van der Waals surface area contributed by atoms with Gasteiger partial charge in [0.05, 0.1) is 6.42 Å². The van der Waals surface area contributed by atoms with Crippen LogP contribution in [-0.4, -0.2) is 34.7 Å². The summed E-state index contributed by atoms with van der Waals surface area (Å²) in [6, 6.07) is 15.9. The Balaban J connectivity index is 1.97. The summed E-state index contributed by atoms with van der Waals surface area (Å²) < 4.78 is 6.28. The highest BCUT2D eigenvalue weighted by molar-refractivity contribution is 6.30. The van der Waals surface area contributed by atoms with Crippen molar-refractivity contribution in [2.24, 2.45) is 5.41 Å². The van der Waals surface area contributed by atoms with E-state index in [1.807, 2.05) is 39.0 Å². The number of aliphatic carboxylic acids is 1. The predicted molar refractivity (Wildman–Crippen MR) is 128 cm³/mol. The minimum Gasteiger partial charge on any atom is -0.507 e. The van der Waals surface area contributed by atoms with Gasteiger partial charge in [-0.1, -0.05) is 62.7 Å². The van der Waals surface area contributed by atoms with Gasteiger partial charge in [0.1, 0.15) is 18.0 Å². The monoisotopic (exact) mass is 467 g/mol. The number of phenolic OH excluding ortho intramolecular Hbond substituents is 1. The molecule has 1 aliphatic heterocycles. The molecule has 33 heavy (non-hydrogen) atoms. The first-order valence-electron chi connectivity index (χ1n) is 10.7. The Kier molecular flexibility index (Phi) is 6.08. The van der Waals surface area contributed by atoms with Gasteiger partial charge >= 0.3 is 5.97 Å². The third-order valence-electron chi connectivity index (χ3n) is 5.61. The van der Waals surface area contributed by atoms with Gasteiger partial charge in [-0.05, 0) is 40.6 Å². The van der Waals surface area contributed by atoms with Crippen LogP contribution >= 0.6 is 11.6 Å². The summed E-state index contributed by atoms with van der Waals surface area (Å²) in [7, 11) is 0.